The number of amides is 1. The molecule has 0 aliphatic rings. The third kappa shape index (κ3) is 3.28. The maximum absolute atomic E-state index is 11.1. The number of rotatable bonds is 2. The number of hydrogen-bond acceptors (Lipinski definition) is 2. The molecule has 0 unspecified atom stereocenters. The minimum Gasteiger partial charge on any atom is -0.285 e. The van der Waals surface area contributed by atoms with Gasteiger partial charge in [0.2, 0.25) is 0 Å². The zero-order chi connectivity index (χ0) is 11.3. The molecule has 1 aromatic carbocycles. The summed E-state index contributed by atoms with van der Waals surface area (Å²) in [6, 6.07) is 6.99. The van der Waals surface area contributed by atoms with Gasteiger partial charge in [-0.3, -0.25) is 10.0 Å². The molecule has 0 atom stereocenters. The van der Waals surface area contributed by atoms with E-state index >= 15 is 0 Å². The van der Waals surface area contributed by atoms with E-state index in [9.17, 15) is 10.0 Å². The van der Waals surface area contributed by atoms with Gasteiger partial charge in [-0.15, -0.1) is 0 Å². The monoisotopic (exact) mass is 223 g/mol. The molecule has 0 aliphatic carbocycles. The molecule has 0 radical (unpaired) electrons. The Balaban J connectivity index is 2.73. The van der Waals surface area contributed by atoms with Gasteiger partial charge in [-0.2, -0.15) is 0 Å². The number of carbonyl (C=O) groups is 1. The first-order chi connectivity index (χ1) is 7.15. The second kappa shape index (κ2) is 5.40. The number of halogens is 1. The predicted molar refractivity (Wildman–Crippen MR) is 57.2 cm³/mol. The summed E-state index contributed by atoms with van der Waals surface area (Å²) in [5.74, 6) is 4.00. The van der Waals surface area contributed by atoms with Crippen LogP contribution >= 0.6 is 11.6 Å². The van der Waals surface area contributed by atoms with Crippen LogP contribution in [-0.2, 0) is 11.3 Å². The second-order valence-corrected chi connectivity index (χ2v) is 3.24. The predicted octanol–water partition coefficient (Wildman–Crippen LogP) is 2.08. The zero-order valence-electron chi connectivity index (χ0n) is 8.20. The molecule has 0 bridgehead atoms. The van der Waals surface area contributed by atoms with Gasteiger partial charge in [-0.1, -0.05) is 35.7 Å². The van der Waals surface area contributed by atoms with Crippen LogP contribution in [0.15, 0.2) is 24.3 Å². The lowest BCUT2D eigenvalue weighted by atomic mass is 10.2. The van der Waals surface area contributed by atoms with E-state index in [4.69, 9.17) is 11.6 Å². The average molecular weight is 224 g/mol. The molecule has 0 aliphatic heterocycles. The number of carbonyl (C=O) groups excluding carboxylic acids is 1. The standard InChI is InChI=1S/C11H10ClNO2/c1-2-5-11(14)13(15)8-9-6-3-4-7-10(9)12/h3-4,6-7,15H,8H2,1H3. The van der Waals surface area contributed by atoms with Crippen molar-refractivity contribution in [3.63, 3.8) is 0 Å². The maximum Gasteiger partial charge on any atom is 0.322 e. The van der Waals surface area contributed by atoms with Crippen molar-refractivity contribution in [3.8, 4) is 11.8 Å². The summed E-state index contributed by atoms with van der Waals surface area (Å²) in [6.07, 6.45) is 0. The lowest BCUT2D eigenvalue weighted by Crippen LogP contribution is -2.25. The Labute approximate surface area is 93.2 Å². The van der Waals surface area contributed by atoms with E-state index in [2.05, 4.69) is 11.8 Å². The lowest BCUT2D eigenvalue weighted by Gasteiger charge is -2.12. The number of benzene rings is 1. The molecule has 1 aromatic rings. The third-order valence-corrected chi connectivity index (χ3v) is 2.11. The summed E-state index contributed by atoms with van der Waals surface area (Å²) in [5.41, 5.74) is 0.674. The van der Waals surface area contributed by atoms with E-state index in [0.29, 0.717) is 15.6 Å². The van der Waals surface area contributed by atoms with Crippen LogP contribution in [0.5, 0.6) is 0 Å². The van der Waals surface area contributed by atoms with Crippen molar-refractivity contribution in [1.29, 1.82) is 0 Å². The van der Waals surface area contributed by atoms with Crippen LogP contribution in [-0.4, -0.2) is 16.2 Å². The van der Waals surface area contributed by atoms with Crippen LogP contribution in [0.4, 0.5) is 0 Å². The first-order valence-electron chi connectivity index (χ1n) is 4.31. The van der Waals surface area contributed by atoms with Crippen LogP contribution in [0, 0.1) is 11.8 Å². The molecule has 4 heteroatoms. The summed E-state index contributed by atoms with van der Waals surface area (Å²) in [4.78, 5) is 11.1. The third-order valence-electron chi connectivity index (χ3n) is 1.74. The van der Waals surface area contributed by atoms with Gasteiger partial charge in [0, 0.05) is 5.02 Å². The van der Waals surface area contributed by atoms with Crippen molar-refractivity contribution < 1.29 is 10.0 Å². The molecule has 0 saturated carbocycles. The molecule has 0 saturated heterocycles. The SMILES string of the molecule is CC#CC(=O)N(O)Cc1ccccc1Cl. The minimum atomic E-state index is -0.641. The summed E-state index contributed by atoms with van der Waals surface area (Å²) in [7, 11) is 0. The van der Waals surface area contributed by atoms with Crippen LogP contribution in [0.1, 0.15) is 12.5 Å². The Morgan fingerprint density at radius 3 is 2.80 bits per heavy atom. The molecule has 0 spiro atoms. The van der Waals surface area contributed by atoms with Crippen molar-refractivity contribution in [1.82, 2.24) is 5.06 Å². The van der Waals surface area contributed by atoms with Gasteiger partial charge in [-0.05, 0) is 24.5 Å². The Morgan fingerprint density at radius 2 is 2.20 bits per heavy atom. The van der Waals surface area contributed by atoms with Crippen LogP contribution in [0.25, 0.3) is 0 Å². The lowest BCUT2D eigenvalue weighted by molar-refractivity contribution is -0.160. The normalized spacial score (nSPS) is 9.00. The molecule has 1 amide bonds. The largest absolute Gasteiger partial charge is 0.322 e. The number of hydroxylamine groups is 2. The first kappa shape index (κ1) is 11.6. The van der Waals surface area contributed by atoms with Crippen LogP contribution in [0.3, 0.4) is 0 Å². The smallest absolute Gasteiger partial charge is 0.285 e. The highest BCUT2D eigenvalue weighted by molar-refractivity contribution is 6.31. The molecule has 78 valence electrons. The molecule has 3 nitrogen and oxygen atoms in total. The Kier molecular flexibility index (Phi) is 4.17. The number of hydrogen-bond donors (Lipinski definition) is 1. The highest BCUT2D eigenvalue weighted by Crippen LogP contribution is 2.16. The van der Waals surface area contributed by atoms with Crippen molar-refractivity contribution in [2.75, 3.05) is 0 Å². The molecule has 1 rings (SSSR count). The Morgan fingerprint density at radius 1 is 1.53 bits per heavy atom. The van der Waals surface area contributed by atoms with Crippen molar-refractivity contribution >= 4 is 17.5 Å². The molecule has 1 N–H and O–H groups in total. The topological polar surface area (TPSA) is 40.5 Å². The Hall–Kier alpha value is -1.50. The van der Waals surface area contributed by atoms with Gasteiger partial charge in [0.15, 0.2) is 0 Å². The van der Waals surface area contributed by atoms with Crippen LogP contribution < -0.4 is 0 Å². The average Bonchev–Trinajstić information content (AvgIpc) is 2.21. The van der Waals surface area contributed by atoms with Gasteiger partial charge in [0.05, 0.1) is 6.54 Å². The van der Waals surface area contributed by atoms with Crippen LogP contribution in [0.2, 0.25) is 5.02 Å². The summed E-state index contributed by atoms with van der Waals surface area (Å²) in [6.45, 7) is 1.56. The highest BCUT2D eigenvalue weighted by atomic mass is 35.5. The molecule has 0 fully saturated rings. The summed E-state index contributed by atoms with van der Waals surface area (Å²) < 4.78 is 0. The van der Waals surface area contributed by atoms with Gasteiger partial charge in [0.1, 0.15) is 0 Å². The molecule has 15 heavy (non-hydrogen) atoms. The molecule has 0 heterocycles. The van der Waals surface area contributed by atoms with Crippen molar-refractivity contribution in [2.24, 2.45) is 0 Å². The van der Waals surface area contributed by atoms with Crippen molar-refractivity contribution in [2.45, 2.75) is 13.5 Å². The fourth-order valence-corrected chi connectivity index (χ4v) is 1.23. The minimum absolute atomic E-state index is 0.0349. The van der Waals surface area contributed by atoms with E-state index in [-0.39, 0.29) is 6.54 Å². The molecular formula is C11H10ClNO2. The van der Waals surface area contributed by atoms with Gasteiger partial charge < -0.3 is 0 Å². The second-order valence-electron chi connectivity index (χ2n) is 2.83. The van der Waals surface area contributed by atoms with Gasteiger partial charge in [0.25, 0.3) is 0 Å². The summed E-state index contributed by atoms with van der Waals surface area (Å²) >= 11 is 5.86. The van der Waals surface area contributed by atoms with E-state index in [0.717, 1.165) is 0 Å². The molecular weight excluding hydrogens is 214 g/mol. The molecule has 0 aromatic heterocycles. The maximum atomic E-state index is 11.1. The zero-order valence-corrected chi connectivity index (χ0v) is 8.95. The number of nitrogens with zero attached hydrogens (tertiary/aromatic N) is 1. The fourth-order valence-electron chi connectivity index (χ4n) is 1.03. The van der Waals surface area contributed by atoms with Gasteiger partial charge >= 0.3 is 5.91 Å². The van der Waals surface area contributed by atoms with E-state index in [1.165, 1.54) is 6.92 Å². The fraction of sp³-hybridized carbons (Fsp3) is 0.182. The van der Waals surface area contributed by atoms with Gasteiger partial charge in [-0.25, -0.2) is 5.06 Å². The quantitative estimate of drug-likeness (QED) is 0.474. The van der Waals surface area contributed by atoms with E-state index < -0.39 is 5.91 Å². The Bertz CT molecular complexity index is 420. The van der Waals surface area contributed by atoms with Crippen molar-refractivity contribution in [3.05, 3.63) is 34.9 Å². The van der Waals surface area contributed by atoms with E-state index in [1.807, 2.05) is 0 Å². The first-order valence-corrected chi connectivity index (χ1v) is 4.69. The summed E-state index contributed by atoms with van der Waals surface area (Å²) in [5, 5.41) is 10.4. The highest BCUT2D eigenvalue weighted by Gasteiger charge is 2.09. The van der Waals surface area contributed by atoms with E-state index in [1.54, 1.807) is 24.3 Å².